The van der Waals surface area contributed by atoms with Gasteiger partial charge in [-0.15, -0.1) is 0 Å². The fraction of sp³-hybridized carbons (Fsp3) is 0.357. The summed E-state index contributed by atoms with van der Waals surface area (Å²) < 4.78 is 0. The molecule has 1 aliphatic rings. The minimum absolute atomic E-state index is 0.00775. The topological polar surface area (TPSA) is 115 Å². The molecule has 0 saturated carbocycles. The third kappa shape index (κ3) is 7.04. The highest BCUT2D eigenvalue weighted by molar-refractivity contribution is 5.86. The molecule has 3 N–H and O–H groups in total. The van der Waals surface area contributed by atoms with Crippen molar-refractivity contribution in [1.29, 1.82) is 0 Å². The normalized spacial score (nSPS) is 16.1. The van der Waals surface area contributed by atoms with Crippen LogP contribution in [0.5, 0.6) is 0 Å². The SMILES string of the molecule is C[C@H](NC(=O)CN(Cc1cccc2ccccc12)C[C@@H]1CCCN1C(=O)CNc1ccncc1)C(=O)O. The fourth-order valence-electron chi connectivity index (χ4n) is 4.81. The summed E-state index contributed by atoms with van der Waals surface area (Å²) in [6.45, 7) is 3.35. The Morgan fingerprint density at radius 3 is 2.65 bits per heavy atom. The van der Waals surface area contributed by atoms with E-state index >= 15 is 0 Å². The number of benzene rings is 2. The minimum atomic E-state index is -1.08. The highest BCUT2D eigenvalue weighted by atomic mass is 16.4. The molecule has 4 rings (SSSR count). The van der Waals surface area contributed by atoms with Crippen LogP contribution in [0.25, 0.3) is 10.8 Å². The molecule has 0 spiro atoms. The predicted molar refractivity (Wildman–Crippen MR) is 142 cm³/mol. The first-order chi connectivity index (χ1) is 17.9. The molecule has 0 unspecified atom stereocenters. The van der Waals surface area contributed by atoms with E-state index in [1.165, 1.54) is 6.92 Å². The van der Waals surface area contributed by atoms with E-state index in [2.05, 4.69) is 33.8 Å². The number of aromatic nitrogens is 1. The van der Waals surface area contributed by atoms with Crippen molar-refractivity contribution in [2.75, 3.05) is 31.5 Å². The molecule has 2 amide bonds. The second-order valence-electron chi connectivity index (χ2n) is 9.41. The van der Waals surface area contributed by atoms with E-state index in [0.29, 0.717) is 19.6 Å². The van der Waals surface area contributed by atoms with E-state index < -0.39 is 12.0 Å². The minimum Gasteiger partial charge on any atom is -0.480 e. The van der Waals surface area contributed by atoms with Crippen molar-refractivity contribution in [2.24, 2.45) is 0 Å². The Kier molecular flexibility index (Phi) is 8.68. The zero-order valence-corrected chi connectivity index (χ0v) is 21.0. The third-order valence-electron chi connectivity index (χ3n) is 6.68. The summed E-state index contributed by atoms with van der Waals surface area (Å²) in [7, 11) is 0. The van der Waals surface area contributed by atoms with Crippen molar-refractivity contribution >= 4 is 34.2 Å². The maximum atomic E-state index is 13.1. The van der Waals surface area contributed by atoms with Crippen LogP contribution in [0.4, 0.5) is 5.69 Å². The summed E-state index contributed by atoms with van der Waals surface area (Å²) in [4.78, 5) is 45.0. The molecule has 1 aromatic heterocycles. The number of carbonyl (C=O) groups is 3. The van der Waals surface area contributed by atoms with Crippen LogP contribution in [0.2, 0.25) is 0 Å². The molecule has 3 aromatic rings. The number of pyridine rings is 1. The number of anilines is 1. The maximum Gasteiger partial charge on any atom is 0.325 e. The lowest BCUT2D eigenvalue weighted by molar-refractivity contribution is -0.141. The van der Waals surface area contributed by atoms with Crippen LogP contribution >= 0.6 is 0 Å². The van der Waals surface area contributed by atoms with Gasteiger partial charge in [0.2, 0.25) is 11.8 Å². The first kappa shape index (κ1) is 26.1. The molecule has 1 aliphatic heterocycles. The van der Waals surface area contributed by atoms with Crippen LogP contribution in [-0.2, 0) is 20.9 Å². The van der Waals surface area contributed by atoms with Crippen LogP contribution in [0.3, 0.4) is 0 Å². The Labute approximate surface area is 216 Å². The summed E-state index contributed by atoms with van der Waals surface area (Å²) in [6.07, 6.45) is 5.09. The van der Waals surface area contributed by atoms with Crippen molar-refractivity contribution in [3.63, 3.8) is 0 Å². The van der Waals surface area contributed by atoms with Crippen LogP contribution in [-0.4, -0.2) is 75.9 Å². The summed E-state index contributed by atoms with van der Waals surface area (Å²) in [5.74, 6) is -1.43. The van der Waals surface area contributed by atoms with Gasteiger partial charge in [0.1, 0.15) is 6.04 Å². The summed E-state index contributed by atoms with van der Waals surface area (Å²) in [5, 5.41) is 17.1. The van der Waals surface area contributed by atoms with Gasteiger partial charge in [-0.3, -0.25) is 24.3 Å². The number of carbonyl (C=O) groups excluding carboxylic acids is 2. The molecule has 9 heteroatoms. The standard InChI is InChI=1S/C28H33N5O4/c1-20(28(36)37)31-26(34)19-32(17-22-8-4-7-21-6-2-3-10-25(21)22)18-24-9-5-15-33(24)27(35)16-30-23-11-13-29-14-12-23/h2-4,6-8,10-14,20,24H,5,9,15-19H2,1H3,(H,29,30)(H,31,34)(H,36,37)/t20-,24-/m0/s1. The van der Waals surface area contributed by atoms with Gasteiger partial charge in [0.25, 0.3) is 0 Å². The van der Waals surface area contributed by atoms with Gasteiger partial charge in [0.05, 0.1) is 13.1 Å². The Morgan fingerprint density at radius 1 is 1.11 bits per heavy atom. The van der Waals surface area contributed by atoms with Gasteiger partial charge < -0.3 is 20.6 Å². The lowest BCUT2D eigenvalue weighted by Crippen LogP contribution is -2.48. The number of nitrogens with one attached hydrogen (secondary N) is 2. The first-order valence-electron chi connectivity index (χ1n) is 12.5. The van der Waals surface area contributed by atoms with Crippen molar-refractivity contribution in [3.8, 4) is 0 Å². The Bertz CT molecular complexity index is 1230. The van der Waals surface area contributed by atoms with E-state index in [4.69, 9.17) is 0 Å². The van der Waals surface area contributed by atoms with Crippen molar-refractivity contribution in [1.82, 2.24) is 20.1 Å². The van der Waals surface area contributed by atoms with E-state index in [-0.39, 0.29) is 30.9 Å². The smallest absolute Gasteiger partial charge is 0.325 e. The van der Waals surface area contributed by atoms with Crippen molar-refractivity contribution in [2.45, 2.75) is 38.4 Å². The second-order valence-corrected chi connectivity index (χ2v) is 9.41. The van der Waals surface area contributed by atoms with Gasteiger partial charge in [-0.1, -0.05) is 42.5 Å². The molecule has 2 aromatic carbocycles. The molecular formula is C28H33N5O4. The number of aliphatic carboxylic acids is 1. The molecular weight excluding hydrogens is 470 g/mol. The number of nitrogens with zero attached hydrogens (tertiary/aromatic N) is 3. The molecule has 1 fully saturated rings. The van der Waals surface area contributed by atoms with Crippen LogP contribution in [0, 0.1) is 0 Å². The maximum absolute atomic E-state index is 13.1. The molecule has 1 saturated heterocycles. The molecule has 2 heterocycles. The summed E-state index contributed by atoms with van der Waals surface area (Å²) in [6, 6.07) is 16.8. The van der Waals surface area contributed by atoms with Crippen LogP contribution in [0.1, 0.15) is 25.3 Å². The van der Waals surface area contributed by atoms with Crippen molar-refractivity contribution in [3.05, 3.63) is 72.6 Å². The van der Waals surface area contributed by atoms with Gasteiger partial charge in [-0.05, 0) is 48.2 Å². The Morgan fingerprint density at radius 2 is 1.86 bits per heavy atom. The number of hydrogen-bond donors (Lipinski definition) is 3. The highest BCUT2D eigenvalue weighted by Crippen LogP contribution is 2.23. The lowest BCUT2D eigenvalue weighted by atomic mass is 10.0. The number of carboxylic acids is 1. The van der Waals surface area contributed by atoms with Gasteiger partial charge in [-0.2, -0.15) is 0 Å². The van der Waals surface area contributed by atoms with Crippen LogP contribution < -0.4 is 10.6 Å². The molecule has 0 bridgehead atoms. The summed E-state index contributed by atoms with van der Waals surface area (Å²) in [5.41, 5.74) is 1.91. The largest absolute Gasteiger partial charge is 0.480 e. The monoisotopic (exact) mass is 503 g/mol. The number of fused-ring (bicyclic) bond motifs is 1. The first-order valence-corrected chi connectivity index (χ1v) is 12.5. The van der Waals surface area contributed by atoms with Crippen molar-refractivity contribution < 1.29 is 19.5 Å². The molecule has 2 atom stereocenters. The van der Waals surface area contributed by atoms with Gasteiger partial charge in [-0.25, -0.2) is 0 Å². The molecule has 194 valence electrons. The quantitative estimate of drug-likeness (QED) is 0.369. The number of hydrogen-bond acceptors (Lipinski definition) is 6. The third-order valence-corrected chi connectivity index (χ3v) is 6.68. The molecule has 9 nitrogen and oxygen atoms in total. The van der Waals surface area contributed by atoms with E-state index in [1.54, 1.807) is 12.4 Å². The molecule has 0 radical (unpaired) electrons. The average Bonchev–Trinajstić information content (AvgIpc) is 3.36. The number of likely N-dealkylation sites (tertiary alicyclic amines) is 1. The highest BCUT2D eigenvalue weighted by Gasteiger charge is 2.31. The number of amides is 2. The molecule has 37 heavy (non-hydrogen) atoms. The zero-order valence-electron chi connectivity index (χ0n) is 21.0. The second kappa shape index (κ2) is 12.3. The Hall–Kier alpha value is -3.98. The number of carboxylic acid groups (broad SMARTS) is 1. The van der Waals surface area contributed by atoms with E-state index in [1.807, 2.05) is 46.2 Å². The lowest BCUT2D eigenvalue weighted by Gasteiger charge is -2.31. The van der Waals surface area contributed by atoms with Gasteiger partial charge in [0.15, 0.2) is 0 Å². The average molecular weight is 504 g/mol. The van der Waals surface area contributed by atoms with Crippen LogP contribution in [0.15, 0.2) is 67.0 Å². The fourth-order valence-corrected chi connectivity index (χ4v) is 4.81. The summed E-state index contributed by atoms with van der Waals surface area (Å²) >= 11 is 0. The van der Waals surface area contributed by atoms with E-state index in [0.717, 1.165) is 34.9 Å². The zero-order chi connectivity index (χ0) is 26.2. The molecule has 0 aliphatic carbocycles. The van der Waals surface area contributed by atoms with Gasteiger partial charge >= 0.3 is 5.97 Å². The number of rotatable bonds is 11. The Balaban J connectivity index is 1.48. The van der Waals surface area contributed by atoms with E-state index in [9.17, 15) is 19.5 Å². The predicted octanol–water partition coefficient (Wildman–Crippen LogP) is 2.73. The van der Waals surface area contributed by atoms with Gasteiger partial charge in [0, 0.05) is 43.8 Å².